The zero-order valence-electron chi connectivity index (χ0n) is 27.9. The molecule has 0 radical (unpaired) electrons. The summed E-state index contributed by atoms with van der Waals surface area (Å²) in [5, 5.41) is 3.02. The van der Waals surface area contributed by atoms with E-state index in [1.165, 1.54) is 49.5 Å². The van der Waals surface area contributed by atoms with Crippen molar-refractivity contribution in [3.05, 3.63) is 120 Å². The summed E-state index contributed by atoms with van der Waals surface area (Å²) < 4.78 is 54.2. The second-order valence-electron chi connectivity index (χ2n) is 11.5. The molecule has 11 heteroatoms. The van der Waals surface area contributed by atoms with Crippen LogP contribution in [0, 0.1) is 12.7 Å². The maximum Gasteiger partial charge on any atom is 0.264 e. The molecule has 0 aliphatic rings. The Kier molecular flexibility index (Phi) is 12.2. The first-order chi connectivity index (χ1) is 23.0. The molecule has 0 aliphatic carbocycles. The largest absolute Gasteiger partial charge is 0.493 e. The SMILES string of the molecule is CC[C@H](C)NC(=O)[C@@H](Cc1ccccc1)N(Cc1ccc(C)cc1)C(=O)CN(c1ccc(F)cc1)S(=O)(=O)c1ccc(OC)c(OC)c1. The molecule has 254 valence electrons. The van der Waals surface area contributed by atoms with E-state index in [-0.39, 0.29) is 41.2 Å². The fourth-order valence-electron chi connectivity index (χ4n) is 5.13. The summed E-state index contributed by atoms with van der Waals surface area (Å²) in [6, 6.07) is 24.7. The van der Waals surface area contributed by atoms with Crippen LogP contribution in [0.2, 0.25) is 0 Å². The predicted molar refractivity (Wildman–Crippen MR) is 184 cm³/mol. The summed E-state index contributed by atoms with van der Waals surface area (Å²) in [6.07, 6.45) is 0.872. The molecule has 0 aliphatic heterocycles. The number of benzene rings is 4. The van der Waals surface area contributed by atoms with Crippen LogP contribution in [0.15, 0.2) is 102 Å². The molecule has 2 atom stereocenters. The number of amides is 2. The monoisotopic (exact) mass is 675 g/mol. The summed E-state index contributed by atoms with van der Waals surface area (Å²) in [4.78, 5) is 29.8. The van der Waals surface area contributed by atoms with Gasteiger partial charge in [-0.3, -0.25) is 13.9 Å². The number of sulfonamides is 1. The van der Waals surface area contributed by atoms with Crippen molar-refractivity contribution in [1.29, 1.82) is 0 Å². The van der Waals surface area contributed by atoms with Crippen LogP contribution in [0.4, 0.5) is 10.1 Å². The Bertz CT molecular complexity index is 1780. The molecule has 0 unspecified atom stereocenters. The van der Waals surface area contributed by atoms with Crippen LogP contribution in [0.5, 0.6) is 11.5 Å². The van der Waals surface area contributed by atoms with Gasteiger partial charge in [0.15, 0.2) is 11.5 Å². The summed E-state index contributed by atoms with van der Waals surface area (Å²) in [7, 11) is -1.62. The van der Waals surface area contributed by atoms with Crippen LogP contribution < -0.4 is 19.1 Å². The fourth-order valence-corrected chi connectivity index (χ4v) is 6.56. The third kappa shape index (κ3) is 8.92. The molecule has 0 aromatic heterocycles. The molecular formula is C37H42FN3O6S. The number of anilines is 1. The Morgan fingerprint density at radius 2 is 1.50 bits per heavy atom. The van der Waals surface area contributed by atoms with Gasteiger partial charge in [-0.15, -0.1) is 0 Å². The molecule has 0 fully saturated rings. The Balaban J connectivity index is 1.82. The van der Waals surface area contributed by atoms with E-state index in [0.29, 0.717) is 12.2 Å². The average Bonchev–Trinajstić information content (AvgIpc) is 3.09. The maximum absolute atomic E-state index is 14.6. The normalized spacial score (nSPS) is 12.5. The van der Waals surface area contributed by atoms with E-state index < -0.39 is 34.3 Å². The van der Waals surface area contributed by atoms with E-state index in [4.69, 9.17) is 9.47 Å². The summed E-state index contributed by atoms with van der Waals surface area (Å²) >= 11 is 0. The molecule has 0 saturated heterocycles. The fraction of sp³-hybridized carbons (Fsp3) is 0.297. The molecule has 0 saturated carbocycles. The maximum atomic E-state index is 14.6. The number of hydrogen-bond acceptors (Lipinski definition) is 6. The number of rotatable bonds is 15. The first kappa shape index (κ1) is 35.9. The van der Waals surface area contributed by atoms with Gasteiger partial charge in [0.05, 0.1) is 24.8 Å². The molecule has 2 amide bonds. The quantitative estimate of drug-likeness (QED) is 0.168. The molecule has 4 aromatic carbocycles. The van der Waals surface area contributed by atoms with Gasteiger partial charge in [0, 0.05) is 25.1 Å². The second-order valence-corrected chi connectivity index (χ2v) is 13.4. The first-order valence-corrected chi connectivity index (χ1v) is 17.1. The van der Waals surface area contributed by atoms with Crippen molar-refractivity contribution >= 4 is 27.5 Å². The van der Waals surface area contributed by atoms with Gasteiger partial charge in [-0.25, -0.2) is 12.8 Å². The Morgan fingerprint density at radius 3 is 2.10 bits per heavy atom. The number of aryl methyl sites for hydroxylation is 1. The van der Waals surface area contributed by atoms with Crippen molar-refractivity contribution < 1.29 is 31.9 Å². The van der Waals surface area contributed by atoms with Crippen LogP contribution >= 0.6 is 0 Å². The van der Waals surface area contributed by atoms with Crippen molar-refractivity contribution in [2.24, 2.45) is 0 Å². The number of nitrogens with one attached hydrogen (secondary N) is 1. The number of carbonyl (C=O) groups is 2. The lowest BCUT2D eigenvalue weighted by Crippen LogP contribution is -2.54. The molecule has 0 heterocycles. The Hall–Kier alpha value is -4.90. The van der Waals surface area contributed by atoms with Gasteiger partial charge in [0.1, 0.15) is 18.4 Å². The Labute approximate surface area is 282 Å². The molecule has 0 bridgehead atoms. The minimum Gasteiger partial charge on any atom is -0.493 e. The third-order valence-electron chi connectivity index (χ3n) is 8.08. The van der Waals surface area contributed by atoms with Gasteiger partial charge in [-0.05, 0) is 67.8 Å². The van der Waals surface area contributed by atoms with Gasteiger partial charge < -0.3 is 19.7 Å². The van der Waals surface area contributed by atoms with Crippen LogP contribution in [0.1, 0.15) is 37.0 Å². The highest BCUT2D eigenvalue weighted by molar-refractivity contribution is 7.92. The highest BCUT2D eigenvalue weighted by Crippen LogP contribution is 2.32. The number of hydrogen-bond donors (Lipinski definition) is 1. The highest BCUT2D eigenvalue weighted by Gasteiger charge is 2.35. The lowest BCUT2D eigenvalue weighted by molar-refractivity contribution is -0.140. The van der Waals surface area contributed by atoms with Crippen molar-refractivity contribution in [1.82, 2.24) is 10.2 Å². The van der Waals surface area contributed by atoms with E-state index in [2.05, 4.69) is 5.32 Å². The topological polar surface area (TPSA) is 105 Å². The lowest BCUT2D eigenvalue weighted by atomic mass is 10.0. The third-order valence-corrected chi connectivity index (χ3v) is 9.85. The van der Waals surface area contributed by atoms with Gasteiger partial charge in [-0.1, -0.05) is 67.1 Å². The minimum atomic E-state index is -4.43. The molecular weight excluding hydrogens is 633 g/mol. The van der Waals surface area contributed by atoms with Crippen LogP contribution in [-0.2, 0) is 32.6 Å². The van der Waals surface area contributed by atoms with Crippen molar-refractivity contribution in [2.45, 2.75) is 57.1 Å². The molecule has 4 aromatic rings. The van der Waals surface area contributed by atoms with Gasteiger partial charge in [0.2, 0.25) is 11.8 Å². The molecule has 48 heavy (non-hydrogen) atoms. The van der Waals surface area contributed by atoms with Crippen molar-refractivity contribution in [3.63, 3.8) is 0 Å². The van der Waals surface area contributed by atoms with Crippen LogP contribution in [0.25, 0.3) is 0 Å². The van der Waals surface area contributed by atoms with Gasteiger partial charge in [-0.2, -0.15) is 0 Å². The Morgan fingerprint density at radius 1 is 0.854 bits per heavy atom. The predicted octanol–water partition coefficient (Wildman–Crippen LogP) is 5.90. The smallest absolute Gasteiger partial charge is 0.264 e. The molecule has 1 N–H and O–H groups in total. The van der Waals surface area contributed by atoms with E-state index >= 15 is 0 Å². The second kappa shape index (κ2) is 16.3. The zero-order valence-corrected chi connectivity index (χ0v) is 28.7. The molecule has 4 rings (SSSR count). The van der Waals surface area contributed by atoms with E-state index in [1.54, 1.807) is 0 Å². The summed E-state index contributed by atoms with van der Waals surface area (Å²) in [5.41, 5.74) is 2.69. The molecule has 9 nitrogen and oxygen atoms in total. The number of carbonyl (C=O) groups excluding carboxylic acids is 2. The number of methoxy groups -OCH3 is 2. The molecule has 0 spiro atoms. The van der Waals surface area contributed by atoms with E-state index in [1.807, 2.05) is 75.4 Å². The van der Waals surface area contributed by atoms with Crippen LogP contribution in [0.3, 0.4) is 0 Å². The van der Waals surface area contributed by atoms with Crippen LogP contribution in [-0.4, -0.2) is 58.0 Å². The zero-order chi connectivity index (χ0) is 34.8. The number of ether oxygens (including phenoxy) is 2. The van der Waals surface area contributed by atoms with Gasteiger partial charge in [0.25, 0.3) is 10.0 Å². The van der Waals surface area contributed by atoms with E-state index in [9.17, 15) is 22.4 Å². The van der Waals surface area contributed by atoms with Gasteiger partial charge >= 0.3 is 0 Å². The summed E-state index contributed by atoms with van der Waals surface area (Å²) in [6.45, 7) is 5.15. The van der Waals surface area contributed by atoms with E-state index in [0.717, 1.165) is 33.1 Å². The number of nitrogens with zero attached hydrogens (tertiary/aromatic N) is 2. The van der Waals surface area contributed by atoms with Crippen molar-refractivity contribution in [2.75, 3.05) is 25.1 Å². The lowest BCUT2D eigenvalue weighted by Gasteiger charge is -2.34. The number of halogens is 1. The standard InChI is InChI=1S/C37H42FN3O6S/c1-6-27(3)39-37(43)33(22-28-10-8-7-9-11-28)40(24-29-14-12-26(2)13-15-29)36(42)25-41(31-18-16-30(38)17-19-31)48(44,45)32-20-21-34(46-4)35(23-32)47-5/h7-21,23,27,33H,6,22,24-25H2,1-5H3,(H,39,43)/t27-,33+/m0/s1. The highest BCUT2D eigenvalue weighted by atomic mass is 32.2. The minimum absolute atomic E-state index is 0.0399. The summed E-state index contributed by atoms with van der Waals surface area (Å²) in [5.74, 6) is -1.05. The first-order valence-electron chi connectivity index (χ1n) is 15.7. The van der Waals surface area contributed by atoms with Crippen molar-refractivity contribution in [3.8, 4) is 11.5 Å². The average molecular weight is 676 g/mol.